The average Bonchev–Trinajstić information content (AvgIpc) is 3.24. The van der Waals surface area contributed by atoms with E-state index in [1.54, 1.807) is 60.7 Å². The van der Waals surface area contributed by atoms with E-state index in [0.29, 0.717) is 22.2 Å². The van der Waals surface area contributed by atoms with Crippen LogP contribution in [0.2, 0.25) is 0 Å². The van der Waals surface area contributed by atoms with E-state index in [9.17, 15) is 22.3 Å². The molecule has 0 aliphatic carbocycles. The third-order valence-electron chi connectivity index (χ3n) is 5.29. The minimum Gasteiger partial charge on any atom is -0.492 e. The van der Waals surface area contributed by atoms with Gasteiger partial charge in [-0.1, -0.05) is 36.4 Å². The Morgan fingerprint density at radius 2 is 1.81 bits per heavy atom. The van der Waals surface area contributed by atoms with Gasteiger partial charge in [-0.15, -0.1) is 5.10 Å². The Kier molecular flexibility index (Phi) is 7.38. The summed E-state index contributed by atoms with van der Waals surface area (Å²) in [5.41, 5.74) is -0.572. The number of rotatable bonds is 11. The number of sulfonamides is 1. The Bertz CT molecular complexity index is 1430. The second-order valence-electron chi connectivity index (χ2n) is 7.93. The summed E-state index contributed by atoms with van der Waals surface area (Å²) < 4.78 is 63.0. The number of benzene rings is 3. The highest BCUT2D eigenvalue weighted by atomic mass is 32.2. The first-order valence-electron chi connectivity index (χ1n) is 10.9. The van der Waals surface area contributed by atoms with Crippen molar-refractivity contribution in [3.63, 3.8) is 0 Å². The van der Waals surface area contributed by atoms with Crippen LogP contribution in [0.3, 0.4) is 0 Å². The number of H-pyrrole nitrogens is 1. The molecule has 9 nitrogen and oxygen atoms in total. The Morgan fingerprint density at radius 3 is 2.56 bits per heavy atom. The van der Waals surface area contributed by atoms with Gasteiger partial charge in [0.2, 0.25) is 5.88 Å². The van der Waals surface area contributed by atoms with Crippen LogP contribution in [0.5, 0.6) is 11.6 Å². The molecule has 0 radical (unpaired) electrons. The fraction of sp³-hybridized carbons (Fsp3) is 0.208. The number of aromatic amines is 1. The van der Waals surface area contributed by atoms with Gasteiger partial charge in [-0.2, -0.15) is 8.78 Å². The van der Waals surface area contributed by atoms with Crippen LogP contribution in [0.15, 0.2) is 77.7 Å². The largest absolute Gasteiger partial charge is 0.492 e. The van der Waals surface area contributed by atoms with Gasteiger partial charge < -0.3 is 14.6 Å². The number of alkyl halides is 2. The van der Waals surface area contributed by atoms with Crippen molar-refractivity contribution in [1.82, 2.24) is 15.5 Å². The van der Waals surface area contributed by atoms with E-state index in [-0.39, 0.29) is 29.6 Å². The molecule has 3 aromatic carbocycles. The van der Waals surface area contributed by atoms with Gasteiger partial charge in [-0.3, -0.25) is 15.1 Å². The Balaban J connectivity index is 1.39. The number of para-hydroxylation sites is 1. The summed E-state index contributed by atoms with van der Waals surface area (Å²) in [5.74, 6) is 0.248. The Hall–Kier alpha value is -3.74. The highest BCUT2D eigenvalue weighted by Gasteiger charge is 2.27. The summed E-state index contributed by atoms with van der Waals surface area (Å²) in [6.45, 7) is -1.13. The molecule has 4 N–H and O–H groups in total. The second-order valence-corrected chi connectivity index (χ2v) is 9.61. The van der Waals surface area contributed by atoms with E-state index >= 15 is 0 Å². The maximum atomic E-state index is 12.8. The van der Waals surface area contributed by atoms with Gasteiger partial charge in [0.25, 0.3) is 10.0 Å². The molecule has 0 amide bonds. The van der Waals surface area contributed by atoms with E-state index < -0.39 is 22.4 Å². The fourth-order valence-electron chi connectivity index (χ4n) is 3.60. The Morgan fingerprint density at radius 1 is 1.08 bits per heavy atom. The summed E-state index contributed by atoms with van der Waals surface area (Å²) >= 11 is 0. The van der Waals surface area contributed by atoms with E-state index in [4.69, 9.17) is 4.74 Å². The predicted octanol–water partition coefficient (Wildman–Crippen LogP) is 3.80. The number of aliphatic hydroxyl groups is 1. The molecule has 12 heteroatoms. The van der Waals surface area contributed by atoms with Crippen LogP contribution in [-0.2, 0) is 15.7 Å². The molecular formula is C24H24F2N4O5S. The average molecular weight is 519 g/mol. The molecule has 1 atom stereocenters. The van der Waals surface area contributed by atoms with Crippen LogP contribution in [0, 0.1) is 0 Å². The van der Waals surface area contributed by atoms with Crippen molar-refractivity contribution in [3.05, 3.63) is 78.4 Å². The Labute approximate surface area is 206 Å². The zero-order valence-corrected chi connectivity index (χ0v) is 19.9. The lowest BCUT2D eigenvalue weighted by atomic mass is 10.0. The lowest BCUT2D eigenvalue weighted by Crippen LogP contribution is -2.42. The standard InChI is InChI=1S/C24H24F2N4O5S/c1-24(31,19-9-5-6-10-20(19)30-36(32,33)17-7-3-2-4-8-17)27-13-14-34-16-11-12-18-21(15-16)28-29-22(18)35-23(25)26/h2-12,15,23,27,30-31H,13-14H2,1H3,(H,28,29). The molecule has 0 bridgehead atoms. The molecule has 0 aliphatic heterocycles. The fourth-order valence-corrected chi connectivity index (χ4v) is 4.70. The second kappa shape index (κ2) is 10.5. The number of ether oxygens (including phenoxy) is 2. The molecule has 1 aromatic heterocycles. The van der Waals surface area contributed by atoms with Crippen LogP contribution in [-0.4, -0.2) is 43.5 Å². The van der Waals surface area contributed by atoms with Crippen molar-refractivity contribution in [3.8, 4) is 11.6 Å². The van der Waals surface area contributed by atoms with Crippen molar-refractivity contribution in [2.24, 2.45) is 0 Å². The van der Waals surface area contributed by atoms with Crippen molar-refractivity contribution in [2.45, 2.75) is 24.2 Å². The number of hydrogen-bond donors (Lipinski definition) is 4. The van der Waals surface area contributed by atoms with E-state index in [0.717, 1.165) is 0 Å². The molecule has 0 saturated carbocycles. The number of nitrogens with zero attached hydrogens (tertiary/aromatic N) is 1. The first-order valence-corrected chi connectivity index (χ1v) is 12.3. The topological polar surface area (TPSA) is 126 Å². The summed E-state index contributed by atoms with van der Waals surface area (Å²) in [5, 5.41) is 20.7. The van der Waals surface area contributed by atoms with Gasteiger partial charge in [-0.05, 0) is 37.3 Å². The quantitative estimate of drug-likeness (QED) is 0.176. The number of halogens is 2. The first-order chi connectivity index (χ1) is 17.2. The van der Waals surface area contributed by atoms with Crippen LogP contribution in [0.4, 0.5) is 14.5 Å². The molecule has 4 aromatic rings. The van der Waals surface area contributed by atoms with Gasteiger partial charge >= 0.3 is 6.61 Å². The monoisotopic (exact) mass is 518 g/mol. The van der Waals surface area contributed by atoms with Crippen LogP contribution in [0.1, 0.15) is 12.5 Å². The molecule has 0 saturated heterocycles. The van der Waals surface area contributed by atoms with E-state index in [1.165, 1.54) is 19.1 Å². The number of fused-ring (bicyclic) bond motifs is 1. The molecule has 0 aliphatic rings. The molecule has 4 rings (SSSR count). The van der Waals surface area contributed by atoms with Crippen LogP contribution in [0.25, 0.3) is 10.9 Å². The summed E-state index contributed by atoms with van der Waals surface area (Å²) in [7, 11) is -3.85. The molecule has 0 spiro atoms. The van der Waals surface area contributed by atoms with Crippen LogP contribution < -0.4 is 19.5 Å². The normalized spacial score (nSPS) is 13.5. The highest BCUT2D eigenvalue weighted by Crippen LogP contribution is 2.29. The minimum absolute atomic E-state index is 0.0999. The molecule has 190 valence electrons. The smallest absolute Gasteiger partial charge is 0.388 e. The lowest BCUT2D eigenvalue weighted by Gasteiger charge is -2.28. The number of hydrogen-bond acceptors (Lipinski definition) is 7. The zero-order valence-electron chi connectivity index (χ0n) is 19.1. The predicted molar refractivity (Wildman–Crippen MR) is 129 cm³/mol. The number of anilines is 1. The number of nitrogens with one attached hydrogen (secondary N) is 3. The minimum atomic E-state index is -3.85. The maximum absolute atomic E-state index is 12.8. The van der Waals surface area contributed by atoms with Gasteiger partial charge in [-0.25, -0.2) is 8.42 Å². The third kappa shape index (κ3) is 5.90. The van der Waals surface area contributed by atoms with Crippen LogP contribution >= 0.6 is 0 Å². The van der Waals surface area contributed by atoms with Gasteiger partial charge in [0.05, 0.1) is 21.5 Å². The maximum Gasteiger partial charge on any atom is 0.388 e. The first kappa shape index (κ1) is 25.4. The molecule has 36 heavy (non-hydrogen) atoms. The molecule has 0 fully saturated rings. The summed E-state index contributed by atoms with van der Waals surface area (Å²) in [4.78, 5) is 0.0999. The van der Waals surface area contributed by atoms with Crippen molar-refractivity contribution < 1.29 is 31.8 Å². The molecular weight excluding hydrogens is 494 g/mol. The van der Waals surface area contributed by atoms with Gasteiger partial charge in [0, 0.05) is 18.2 Å². The SMILES string of the molecule is CC(O)(NCCOc1ccc2c(OC(F)F)n[nH]c2c1)c1ccccc1NS(=O)(=O)c1ccccc1. The zero-order chi connectivity index (χ0) is 25.8. The summed E-state index contributed by atoms with van der Waals surface area (Å²) in [6, 6.07) is 19.2. The molecule has 1 heterocycles. The van der Waals surface area contributed by atoms with Crippen molar-refractivity contribution in [1.29, 1.82) is 0 Å². The summed E-state index contributed by atoms with van der Waals surface area (Å²) in [6.07, 6.45) is 0. The third-order valence-corrected chi connectivity index (χ3v) is 6.67. The highest BCUT2D eigenvalue weighted by molar-refractivity contribution is 7.92. The van der Waals surface area contributed by atoms with E-state index in [2.05, 4.69) is 25.0 Å². The van der Waals surface area contributed by atoms with Gasteiger partial charge in [0.15, 0.2) is 0 Å². The van der Waals surface area contributed by atoms with Gasteiger partial charge in [0.1, 0.15) is 18.1 Å². The van der Waals surface area contributed by atoms with Crippen molar-refractivity contribution in [2.75, 3.05) is 17.9 Å². The van der Waals surface area contributed by atoms with Crippen molar-refractivity contribution >= 4 is 26.6 Å². The number of aromatic nitrogens is 2. The van der Waals surface area contributed by atoms with E-state index in [1.807, 2.05) is 0 Å². The lowest BCUT2D eigenvalue weighted by molar-refractivity contribution is -0.0519. The molecule has 1 unspecified atom stereocenters.